The fourth-order valence-corrected chi connectivity index (χ4v) is 4.31. The lowest BCUT2D eigenvalue weighted by Crippen LogP contribution is -2.38. The number of carbonyl (C=O) groups excluding carboxylic acids is 2. The Kier molecular flexibility index (Phi) is 5.41. The van der Waals surface area contributed by atoms with E-state index in [1.54, 1.807) is 0 Å². The van der Waals surface area contributed by atoms with E-state index in [4.69, 9.17) is 4.74 Å². The van der Waals surface area contributed by atoms with E-state index in [1.165, 1.54) is 5.56 Å². The molecule has 0 spiro atoms. The van der Waals surface area contributed by atoms with Crippen LogP contribution in [0.1, 0.15) is 57.0 Å². The van der Waals surface area contributed by atoms with Crippen molar-refractivity contribution in [3.8, 4) is 0 Å². The molecule has 29 heavy (non-hydrogen) atoms. The van der Waals surface area contributed by atoms with E-state index in [-0.39, 0.29) is 17.9 Å². The minimum atomic E-state index is -0.330. The smallest absolute Gasteiger partial charge is 0.270 e. The average molecular weight is 396 g/mol. The topological polar surface area (TPSA) is 87.3 Å². The Hall–Kier alpha value is -2.67. The van der Waals surface area contributed by atoms with Crippen LogP contribution in [-0.2, 0) is 29.0 Å². The number of fused-ring (bicyclic) bond motifs is 1. The summed E-state index contributed by atoms with van der Waals surface area (Å²) >= 11 is 0. The van der Waals surface area contributed by atoms with Gasteiger partial charge in [-0.05, 0) is 68.4 Å². The maximum atomic E-state index is 13.0. The second-order valence-electron chi connectivity index (χ2n) is 8.03. The molecule has 7 heteroatoms. The van der Waals surface area contributed by atoms with Gasteiger partial charge in [0.05, 0.1) is 0 Å². The Morgan fingerprint density at radius 3 is 2.86 bits per heavy atom. The van der Waals surface area contributed by atoms with Crippen molar-refractivity contribution in [3.05, 3.63) is 51.6 Å². The molecule has 0 radical (unpaired) electrons. The fourth-order valence-electron chi connectivity index (χ4n) is 4.31. The highest BCUT2D eigenvalue weighted by Gasteiger charge is 2.27. The number of ether oxygens (including phenoxy) is 1. The van der Waals surface area contributed by atoms with E-state index in [0.29, 0.717) is 31.9 Å². The summed E-state index contributed by atoms with van der Waals surface area (Å²) in [4.78, 5) is 34.9. The van der Waals surface area contributed by atoms with Crippen LogP contribution in [0.5, 0.6) is 0 Å². The highest BCUT2D eigenvalue weighted by atomic mass is 16.5. The average Bonchev–Trinajstić information content (AvgIpc) is 3.35. The van der Waals surface area contributed by atoms with Crippen LogP contribution in [0.4, 0.5) is 0 Å². The lowest BCUT2D eigenvalue weighted by atomic mass is 9.94. The van der Waals surface area contributed by atoms with E-state index in [2.05, 4.69) is 15.3 Å². The molecule has 0 saturated carbocycles. The third kappa shape index (κ3) is 3.92. The second kappa shape index (κ2) is 7.99. The van der Waals surface area contributed by atoms with Gasteiger partial charge in [-0.1, -0.05) is 0 Å². The minimum absolute atomic E-state index is 0.0232. The first-order valence-electron chi connectivity index (χ1n) is 10.2. The van der Waals surface area contributed by atoms with Crippen LogP contribution in [0.3, 0.4) is 0 Å². The van der Waals surface area contributed by atoms with Gasteiger partial charge in [0.2, 0.25) is 5.91 Å². The Labute approximate surface area is 170 Å². The van der Waals surface area contributed by atoms with Crippen LogP contribution >= 0.6 is 0 Å². The molecule has 1 fully saturated rings. The Morgan fingerprint density at radius 1 is 1.34 bits per heavy atom. The summed E-state index contributed by atoms with van der Waals surface area (Å²) in [6.07, 6.45) is 4.01. The first kappa shape index (κ1) is 19.6. The van der Waals surface area contributed by atoms with Gasteiger partial charge in [0, 0.05) is 43.8 Å². The Bertz CT molecular complexity index is 944. The van der Waals surface area contributed by atoms with Crippen LogP contribution in [0.15, 0.2) is 12.3 Å². The summed E-state index contributed by atoms with van der Waals surface area (Å²) < 4.78 is 5.47. The van der Waals surface area contributed by atoms with Gasteiger partial charge in [-0.25, -0.2) is 0 Å². The van der Waals surface area contributed by atoms with Gasteiger partial charge in [-0.15, -0.1) is 0 Å². The number of amides is 2. The highest BCUT2D eigenvalue weighted by Crippen LogP contribution is 2.25. The van der Waals surface area contributed by atoms with Crippen LogP contribution in [0.2, 0.25) is 0 Å². The normalized spacial score (nSPS) is 18.6. The monoisotopic (exact) mass is 396 g/mol. The zero-order valence-corrected chi connectivity index (χ0v) is 17.3. The molecule has 0 aliphatic carbocycles. The van der Waals surface area contributed by atoms with Crippen molar-refractivity contribution < 1.29 is 14.3 Å². The molecule has 1 saturated heterocycles. The van der Waals surface area contributed by atoms with Gasteiger partial charge in [0.1, 0.15) is 11.8 Å². The number of nitrogens with one attached hydrogen (secondary N) is 2. The van der Waals surface area contributed by atoms with Crippen molar-refractivity contribution in [1.29, 1.82) is 0 Å². The summed E-state index contributed by atoms with van der Waals surface area (Å²) in [5, 5.41) is 3.01. The molecule has 1 atom stereocenters. The number of H-pyrrole nitrogens is 1. The molecule has 1 unspecified atom stereocenters. The number of rotatable bonds is 4. The Balaban J connectivity index is 1.49. The maximum Gasteiger partial charge on any atom is 0.270 e. The third-order valence-electron chi connectivity index (χ3n) is 5.91. The molecule has 7 nitrogen and oxygen atoms in total. The molecule has 2 aliphatic heterocycles. The van der Waals surface area contributed by atoms with E-state index < -0.39 is 0 Å². The van der Waals surface area contributed by atoms with Crippen molar-refractivity contribution in [3.63, 3.8) is 0 Å². The van der Waals surface area contributed by atoms with Crippen molar-refractivity contribution in [2.24, 2.45) is 0 Å². The summed E-state index contributed by atoms with van der Waals surface area (Å²) in [6.45, 7) is 8.17. The summed E-state index contributed by atoms with van der Waals surface area (Å²) in [5.74, 6) is -0.0280. The lowest BCUT2D eigenvalue weighted by molar-refractivity contribution is -0.130. The predicted octanol–water partition coefficient (Wildman–Crippen LogP) is 2.33. The number of aryl methyl sites for hydroxylation is 3. The molecular weight excluding hydrogens is 368 g/mol. The molecule has 2 aromatic rings. The number of carbonyl (C=O) groups is 2. The number of pyridine rings is 1. The molecule has 0 bridgehead atoms. The minimum Gasteiger partial charge on any atom is -0.368 e. The van der Waals surface area contributed by atoms with Crippen molar-refractivity contribution in [2.45, 2.75) is 59.2 Å². The van der Waals surface area contributed by atoms with Crippen LogP contribution in [0.25, 0.3) is 0 Å². The Morgan fingerprint density at radius 2 is 2.17 bits per heavy atom. The summed E-state index contributed by atoms with van der Waals surface area (Å²) in [6, 6.07) is 1.99. The van der Waals surface area contributed by atoms with E-state index >= 15 is 0 Å². The summed E-state index contributed by atoms with van der Waals surface area (Å²) in [5.41, 5.74) is 6.86. The quantitative estimate of drug-likeness (QED) is 0.830. The standard InChI is InChI=1S/C22H28N4O3/c1-13-9-14(2)25-20(13)22(28)26-7-6-17-16(12-26)10-23-15(3)18(17)11-24-21(27)19-5-4-8-29-19/h9-10,19,25H,4-8,11-12H2,1-3H3,(H,24,27). The largest absolute Gasteiger partial charge is 0.368 e. The molecule has 0 aromatic carbocycles. The van der Waals surface area contributed by atoms with E-state index in [9.17, 15) is 9.59 Å². The molecule has 154 valence electrons. The molecule has 2 amide bonds. The summed E-state index contributed by atoms with van der Waals surface area (Å²) in [7, 11) is 0. The first-order valence-corrected chi connectivity index (χ1v) is 10.2. The highest BCUT2D eigenvalue weighted by molar-refractivity contribution is 5.94. The fraction of sp³-hybridized carbons (Fsp3) is 0.500. The molecule has 2 aromatic heterocycles. The van der Waals surface area contributed by atoms with E-state index in [1.807, 2.05) is 37.9 Å². The van der Waals surface area contributed by atoms with Gasteiger partial charge in [0.15, 0.2) is 0 Å². The number of hydrogen-bond acceptors (Lipinski definition) is 4. The van der Waals surface area contributed by atoms with Gasteiger partial charge >= 0.3 is 0 Å². The number of hydrogen-bond donors (Lipinski definition) is 2. The van der Waals surface area contributed by atoms with Crippen molar-refractivity contribution in [1.82, 2.24) is 20.2 Å². The molecule has 2 N–H and O–H groups in total. The number of nitrogens with zero attached hydrogens (tertiary/aromatic N) is 2. The SMILES string of the molecule is Cc1cc(C)c(C(=O)N2CCc3c(cnc(C)c3CNC(=O)C3CCCO3)C2)[nH]1. The molecule has 4 heterocycles. The van der Waals surface area contributed by atoms with Gasteiger partial charge in [-0.2, -0.15) is 0 Å². The maximum absolute atomic E-state index is 13.0. The zero-order chi connectivity index (χ0) is 20.5. The first-order chi connectivity index (χ1) is 13.9. The number of aromatic nitrogens is 2. The van der Waals surface area contributed by atoms with Crippen LogP contribution < -0.4 is 5.32 Å². The van der Waals surface area contributed by atoms with Gasteiger partial charge < -0.3 is 19.9 Å². The zero-order valence-electron chi connectivity index (χ0n) is 17.3. The van der Waals surface area contributed by atoms with Crippen molar-refractivity contribution >= 4 is 11.8 Å². The third-order valence-corrected chi connectivity index (χ3v) is 5.91. The molecular formula is C22H28N4O3. The second-order valence-corrected chi connectivity index (χ2v) is 8.03. The predicted molar refractivity (Wildman–Crippen MR) is 109 cm³/mol. The van der Waals surface area contributed by atoms with Crippen molar-refractivity contribution in [2.75, 3.05) is 13.2 Å². The number of aromatic amines is 1. The van der Waals surface area contributed by atoms with Crippen LogP contribution in [-0.4, -0.2) is 45.9 Å². The van der Waals surface area contributed by atoms with Gasteiger partial charge in [0.25, 0.3) is 5.91 Å². The molecule has 2 aliphatic rings. The van der Waals surface area contributed by atoms with Crippen LogP contribution in [0, 0.1) is 20.8 Å². The lowest BCUT2D eigenvalue weighted by Gasteiger charge is -2.30. The molecule has 4 rings (SSSR count). The van der Waals surface area contributed by atoms with Gasteiger partial charge in [-0.3, -0.25) is 14.6 Å². The van der Waals surface area contributed by atoms with E-state index in [0.717, 1.165) is 47.3 Å².